The van der Waals surface area contributed by atoms with E-state index in [9.17, 15) is 0 Å². The van der Waals surface area contributed by atoms with Crippen molar-refractivity contribution in [3.05, 3.63) is 52.8 Å². The van der Waals surface area contributed by atoms with Gasteiger partial charge in [-0.2, -0.15) is 0 Å². The van der Waals surface area contributed by atoms with E-state index < -0.39 is 0 Å². The molecule has 1 aromatic heterocycles. The van der Waals surface area contributed by atoms with Crippen molar-refractivity contribution in [3.63, 3.8) is 0 Å². The minimum atomic E-state index is 0.155. The minimum Gasteiger partial charge on any atom is -0.372 e. The van der Waals surface area contributed by atoms with Crippen LogP contribution in [0.3, 0.4) is 0 Å². The Balaban J connectivity index is 2.10. The molecule has 3 nitrogen and oxygen atoms in total. The number of nitrogens with one attached hydrogen (secondary N) is 1. The highest BCUT2D eigenvalue weighted by Gasteiger charge is 2.22. The van der Waals surface area contributed by atoms with Crippen LogP contribution >= 0.6 is 0 Å². The molecule has 0 spiro atoms. The molecule has 21 heavy (non-hydrogen) atoms. The molecule has 0 amide bonds. The number of nitrogens with zero attached hydrogens (tertiary/aromatic N) is 1. The van der Waals surface area contributed by atoms with Crippen molar-refractivity contribution >= 4 is 0 Å². The second kappa shape index (κ2) is 5.96. The molecule has 1 atom stereocenters. The van der Waals surface area contributed by atoms with Crippen LogP contribution in [0.1, 0.15) is 28.6 Å². The van der Waals surface area contributed by atoms with Gasteiger partial charge in [0, 0.05) is 17.9 Å². The van der Waals surface area contributed by atoms with Crippen LogP contribution in [0.5, 0.6) is 0 Å². The topological polar surface area (TPSA) is 34.1 Å². The van der Waals surface area contributed by atoms with Crippen LogP contribution in [0.15, 0.2) is 30.3 Å². The maximum atomic E-state index is 5.91. The lowest BCUT2D eigenvalue weighted by atomic mass is 9.89. The third-order valence-corrected chi connectivity index (χ3v) is 4.01. The first kappa shape index (κ1) is 14.2. The van der Waals surface area contributed by atoms with Crippen LogP contribution in [-0.2, 0) is 11.2 Å². The third-order valence-electron chi connectivity index (χ3n) is 4.01. The SMILES string of the molecule is CNC[C@@H]1OCCc2c(-c3cc(C)nc(C)c3)cccc21. The van der Waals surface area contributed by atoms with E-state index >= 15 is 0 Å². The van der Waals surface area contributed by atoms with Gasteiger partial charge < -0.3 is 10.1 Å². The number of hydrogen-bond donors (Lipinski definition) is 1. The van der Waals surface area contributed by atoms with Crippen LogP contribution in [0.25, 0.3) is 11.1 Å². The van der Waals surface area contributed by atoms with Crippen molar-refractivity contribution in [1.29, 1.82) is 0 Å². The Kier molecular flexibility index (Phi) is 4.04. The normalized spacial score (nSPS) is 17.6. The summed E-state index contributed by atoms with van der Waals surface area (Å²) in [5.74, 6) is 0. The van der Waals surface area contributed by atoms with E-state index in [1.165, 1.54) is 22.3 Å². The Morgan fingerprint density at radius 2 is 2.00 bits per heavy atom. The molecule has 3 heteroatoms. The van der Waals surface area contributed by atoms with Gasteiger partial charge in [-0.05, 0) is 61.7 Å². The summed E-state index contributed by atoms with van der Waals surface area (Å²) in [4.78, 5) is 4.48. The van der Waals surface area contributed by atoms with Gasteiger partial charge in [-0.15, -0.1) is 0 Å². The van der Waals surface area contributed by atoms with E-state index in [1.807, 2.05) is 7.05 Å². The monoisotopic (exact) mass is 282 g/mol. The smallest absolute Gasteiger partial charge is 0.0952 e. The number of pyridine rings is 1. The molecule has 1 N–H and O–H groups in total. The fourth-order valence-corrected chi connectivity index (χ4v) is 3.19. The molecule has 0 bridgehead atoms. The summed E-state index contributed by atoms with van der Waals surface area (Å²) in [6.45, 7) is 5.75. The van der Waals surface area contributed by atoms with Gasteiger partial charge in [0.15, 0.2) is 0 Å². The predicted octanol–water partition coefficient (Wildman–Crippen LogP) is 3.20. The largest absolute Gasteiger partial charge is 0.372 e. The van der Waals surface area contributed by atoms with Crippen molar-refractivity contribution in [1.82, 2.24) is 10.3 Å². The zero-order chi connectivity index (χ0) is 14.8. The average Bonchev–Trinajstić information content (AvgIpc) is 2.46. The summed E-state index contributed by atoms with van der Waals surface area (Å²) in [5.41, 5.74) is 7.48. The highest BCUT2D eigenvalue weighted by molar-refractivity contribution is 5.70. The first-order chi connectivity index (χ1) is 10.2. The molecule has 2 heterocycles. The van der Waals surface area contributed by atoms with Crippen molar-refractivity contribution < 1.29 is 4.74 Å². The van der Waals surface area contributed by atoms with E-state index in [4.69, 9.17) is 4.74 Å². The molecular formula is C18H22N2O. The summed E-state index contributed by atoms with van der Waals surface area (Å²) in [7, 11) is 1.97. The lowest BCUT2D eigenvalue weighted by Gasteiger charge is -2.28. The lowest BCUT2D eigenvalue weighted by molar-refractivity contribution is 0.0440. The summed E-state index contributed by atoms with van der Waals surface area (Å²) in [6.07, 6.45) is 1.13. The number of ether oxygens (including phenoxy) is 1. The van der Waals surface area contributed by atoms with Crippen LogP contribution in [0.4, 0.5) is 0 Å². The number of likely N-dealkylation sites (N-methyl/N-ethyl adjacent to an activating group) is 1. The summed E-state index contributed by atoms with van der Waals surface area (Å²) >= 11 is 0. The number of hydrogen-bond acceptors (Lipinski definition) is 3. The van der Waals surface area contributed by atoms with Gasteiger partial charge in [0.2, 0.25) is 0 Å². The van der Waals surface area contributed by atoms with Crippen molar-refractivity contribution in [2.45, 2.75) is 26.4 Å². The Hall–Kier alpha value is -1.71. The molecule has 110 valence electrons. The van der Waals surface area contributed by atoms with E-state index in [2.05, 4.69) is 54.5 Å². The highest BCUT2D eigenvalue weighted by atomic mass is 16.5. The zero-order valence-corrected chi connectivity index (χ0v) is 12.9. The molecule has 0 fully saturated rings. The molecule has 2 aromatic rings. The van der Waals surface area contributed by atoms with Crippen LogP contribution in [-0.4, -0.2) is 25.2 Å². The molecular weight excluding hydrogens is 260 g/mol. The second-order valence-corrected chi connectivity index (χ2v) is 5.68. The fraction of sp³-hybridized carbons (Fsp3) is 0.389. The number of rotatable bonds is 3. The number of aromatic nitrogens is 1. The summed E-state index contributed by atoms with van der Waals surface area (Å²) in [5, 5.41) is 3.22. The van der Waals surface area contributed by atoms with Crippen LogP contribution in [0.2, 0.25) is 0 Å². The van der Waals surface area contributed by atoms with Crippen LogP contribution < -0.4 is 5.32 Å². The molecule has 3 rings (SSSR count). The van der Waals surface area contributed by atoms with Gasteiger partial charge in [0.05, 0.1) is 12.7 Å². The minimum absolute atomic E-state index is 0.155. The van der Waals surface area contributed by atoms with E-state index in [1.54, 1.807) is 0 Å². The highest BCUT2D eigenvalue weighted by Crippen LogP contribution is 2.34. The van der Waals surface area contributed by atoms with Gasteiger partial charge in [-0.25, -0.2) is 0 Å². The molecule has 1 aromatic carbocycles. The standard InChI is InChI=1S/C18H22N2O/c1-12-9-14(10-13(2)20-12)15-5-4-6-17-16(15)7-8-21-18(17)11-19-3/h4-6,9-10,18-19H,7-8,11H2,1-3H3/t18-/m0/s1. The van der Waals surface area contributed by atoms with Gasteiger partial charge >= 0.3 is 0 Å². The molecule has 0 saturated carbocycles. The number of aryl methyl sites for hydroxylation is 2. The maximum absolute atomic E-state index is 5.91. The Bertz CT molecular complexity index is 631. The first-order valence-corrected chi connectivity index (χ1v) is 7.52. The first-order valence-electron chi connectivity index (χ1n) is 7.52. The maximum Gasteiger partial charge on any atom is 0.0952 e. The van der Waals surface area contributed by atoms with Crippen LogP contribution in [0, 0.1) is 13.8 Å². The van der Waals surface area contributed by atoms with E-state index in [0.29, 0.717) is 0 Å². The zero-order valence-electron chi connectivity index (χ0n) is 12.9. The Labute approximate surface area is 126 Å². The third kappa shape index (κ3) is 2.85. The Morgan fingerprint density at radius 3 is 2.71 bits per heavy atom. The van der Waals surface area contributed by atoms with E-state index in [-0.39, 0.29) is 6.10 Å². The van der Waals surface area contributed by atoms with Gasteiger partial charge in [0.25, 0.3) is 0 Å². The lowest BCUT2D eigenvalue weighted by Crippen LogP contribution is -2.25. The van der Waals surface area contributed by atoms with Gasteiger partial charge in [-0.3, -0.25) is 4.98 Å². The molecule has 0 unspecified atom stereocenters. The molecule has 1 aliphatic heterocycles. The summed E-state index contributed by atoms with van der Waals surface area (Å²) in [6, 6.07) is 10.9. The molecule has 1 aliphatic rings. The molecule has 0 aliphatic carbocycles. The quantitative estimate of drug-likeness (QED) is 0.938. The fourth-order valence-electron chi connectivity index (χ4n) is 3.19. The van der Waals surface area contributed by atoms with Crippen molar-refractivity contribution in [2.75, 3.05) is 20.2 Å². The van der Waals surface area contributed by atoms with Gasteiger partial charge in [-0.1, -0.05) is 18.2 Å². The molecule has 0 saturated heterocycles. The molecule has 0 radical (unpaired) electrons. The Morgan fingerprint density at radius 1 is 1.24 bits per heavy atom. The second-order valence-electron chi connectivity index (χ2n) is 5.68. The predicted molar refractivity (Wildman–Crippen MR) is 85.5 cm³/mol. The number of fused-ring (bicyclic) bond motifs is 1. The number of benzene rings is 1. The van der Waals surface area contributed by atoms with E-state index in [0.717, 1.165) is 31.0 Å². The van der Waals surface area contributed by atoms with Gasteiger partial charge in [0.1, 0.15) is 0 Å². The van der Waals surface area contributed by atoms with Crippen molar-refractivity contribution in [2.24, 2.45) is 0 Å². The average molecular weight is 282 g/mol. The van der Waals surface area contributed by atoms with Crippen molar-refractivity contribution in [3.8, 4) is 11.1 Å². The summed E-state index contributed by atoms with van der Waals surface area (Å²) < 4.78 is 5.91.